The van der Waals surface area contributed by atoms with E-state index in [-0.39, 0.29) is 5.56 Å². The van der Waals surface area contributed by atoms with Gasteiger partial charge in [0.05, 0.1) is 11.9 Å². The van der Waals surface area contributed by atoms with Gasteiger partial charge in [-0.2, -0.15) is 5.10 Å². The van der Waals surface area contributed by atoms with Crippen LogP contribution in [0, 0.1) is 5.41 Å². The molecule has 0 bridgehead atoms. The summed E-state index contributed by atoms with van der Waals surface area (Å²) in [6, 6.07) is 1.65. The van der Waals surface area contributed by atoms with Gasteiger partial charge in [0.1, 0.15) is 0 Å². The van der Waals surface area contributed by atoms with Crippen molar-refractivity contribution in [1.29, 1.82) is 0 Å². The van der Waals surface area contributed by atoms with E-state index in [1.807, 2.05) is 0 Å². The number of aromatic amines is 1. The highest BCUT2D eigenvalue weighted by Gasteiger charge is 2.36. The van der Waals surface area contributed by atoms with Crippen LogP contribution in [0.15, 0.2) is 17.1 Å². The molecule has 2 fully saturated rings. The maximum atomic E-state index is 11.2. The number of anilines is 1. The Labute approximate surface area is 101 Å². The Bertz CT molecular complexity index is 438. The van der Waals surface area contributed by atoms with Crippen LogP contribution in [0.3, 0.4) is 0 Å². The third-order valence-electron chi connectivity index (χ3n) is 4.50. The molecule has 92 valence electrons. The zero-order valence-corrected chi connectivity index (χ0v) is 10.1. The molecule has 1 saturated heterocycles. The van der Waals surface area contributed by atoms with Crippen LogP contribution in [0.5, 0.6) is 0 Å². The van der Waals surface area contributed by atoms with Gasteiger partial charge in [-0.25, -0.2) is 5.10 Å². The molecule has 0 radical (unpaired) electrons. The van der Waals surface area contributed by atoms with Crippen molar-refractivity contribution in [2.24, 2.45) is 5.41 Å². The molecule has 1 aliphatic carbocycles. The largest absolute Gasteiger partial charge is 0.370 e. The van der Waals surface area contributed by atoms with Crippen LogP contribution in [0.25, 0.3) is 0 Å². The topological polar surface area (TPSA) is 49.0 Å². The molecule has 3 rings (SSSR count). The van der Waals surface area contributed by atoms with Crippen LogP contribution in [0.4, 0.5) is 5.69 Å². The molecule has 1 aliphatic heterocycles. The van der Waals surface area contributed by atoms with Crippen molar-refractivity contribution in [3.05, 3.63) is 22.6 Å². The van der Waals surface area contributed by atoms with Gasteiger partial charge in [0.25, 0.3) is 5.56 Å². The van der Waals surface area contributed by atoms with Gasteiger partial charge in [0.2, 0.25) is 0 Å². The molecule has 1 saturated carbocycles. The fourth-order valence-corrected chi connectivity index (χ4v) is 3.40. The first-order valence-electron chi connectivity index (χ1n) is 6.57. The number of nitrogens with one attached hydrogen (secondary N) is 1. The van der Waals surface area contributed by atoms with Gasteiger partial charge < -0.3 is 4.90 Å². The Morgan fingerprint density at radius 3 is 2.53 bits per heavy atom. The molecular weight excluding hydrogens is 214 g/mol. The van der Waals surface area contributed by atoms with Crippen molar-refractivity contribution in [3.63, 3.8) is 0 Å². The fourth-order valence-electron chi connectivity index (χ4n) is 3.40. The highest BCUT2D eigenvalue weighted by molar-refractivity contribution is 5.43. The average molecular weight is 233 g/mol. The number of H-pyrrole nitrogens is 1. The molecule has 2 aliphatic rings. The van der Waals surface area contributed by atoms with E-state index >= 15 is 0 Å². The van der Waals surface area contributed by atoms with Crippen LogP contribution < -0.4 is 10.5 Å². The summed E-state index contributed by atoms with van der Waals surface area (Å²) in [7, 11) is 0. The predicted octanol–water partition coefficient (Wildman–Crippen LogP) is 1.93. The average Bonchev–Trinajstić information content (AvgIpc) is 2.79. The molecule has 1 spiro atoms. The standard InChI is InChI=1S/C13H19N3O/c17-12-9-11(10-14-15-12)16-7-5-13(6-8-16)3-1-2-4-13/h9-10H,1-8H2,(H,15,17). The lowest BCUT2D eigenvalue weighted by Gasteiger charge is -2.40. The fraction of sp³-hybridized carbons (Fsp3) is 0.692. The zero-order valence-electron chi connectivity index (χ0n) is 10.1. The minimum Gasteiger partial charge on any atom is -0.370 e. The van der Waals surface area contributed by atoms with E-state index in [4.69, 9.17) is 0 Å². The van der Waals surface area contributed by atoms with Crippen molar-refractivity contribution in [2.75, 3.05) is 18.0 Å². The lowest BCUT2D eigenvalue weighted by atomic mass is 9.77. The second kappa shape index (κ2) is 4.17. The van der Waals surface area contributed by atoms with Gasteiger partial charge in [0.15, 0.2) is 0 Å². The smallest absolute Gasteiger partial charge is 0.266 e. The molecule has 1 aromatic heterocycles. The van der Waals surface area contributed by atoms with Gasteiger partial charge in [-0.15, -0.1) is 0 Å². The molecule has 0 aromatic carbocycles. The van der Waals surface area contributed by atoms with Gasteiger partial charge in [-0.3, -0.25) is 4.79 Å². The van der Waals surface area contributed by atoms with Crippen LogP contribution in [0.2, 0.25) is 0 Å². The van der Waals surface area contributed by atoms with E-state index in [0.29, 0.717) is 5.41 Å². The van der Waals surface area contributed by atoms with Gasteiger partial charge in [-0.1, -0.05) is 12.8 Å². The van der Waals surface area contributed by atoms with Crippen LogP contribution in [-0.2, 0) is 0 Å². The first-order valence-corrected chi connectivity index (χ1v) is 6.57. The van der Waals surface area contributed by atoms with E-state index in [1.54, 1.807) is 12.3 Å². The predicted molar refractivity (Wildman–Crippen MR) is 67.2 cm³/mol. The Hall–Kier alpha value is -1.32. The summed E-state index contributed by atoms with van der Waals surface area (Å²) >= 11 is 0. The van der Waals surface area contributed by atoms with Crippen molar-refractivity contribution in [2.45, 2.75) is 38.5 Å². The minimum absolute atomic E-state index is 0.108. The molecule has 1 aromatic rings. The summed E-state index contributed by atoms with van der Waals surface area (Å²) in [5, 5.41) is 6.30. The van der Waals surface area contributed by atoms with E-state index in [2.05, 4.69) is 15.1 Å². The van der Waals surface area contributed by atoms with Gasteiger partial charge >= 0.3 is 0 Å². The molecule has 0 unspecified atom stereocenters. The molecule has 1 N–H and O–H groups in total. The van der Waals surface area contributed by atoms with E-state index < -0.39 is 0 Å². The molecule has 4 nitrogen and oxygen atoms in total. The molecule has 0 atom stereocenters. The molecule has 4 heteroatoms. The summed E-state index contributed by atoms with van der Waals surface area (Å²) in [6.45, 7) is 2.15. The van der Waals surface area contributed by atoms with E-state index in [9.17, 15) is 4.79 Å². The Balaban J connectivity index is 1.70. The number of rotatable bonds is 1. The number of nitrogens with zero attached hydrogens (tertiary/aromatic N) is 2. The first kappa shape index (κ1) is 10.8. The highest BCUT2D eigenvalue weighted by atomic mass is 16.1. The number of piperidine rings is 1. The second-order valence-corrected chi connectivity index (χ2v) is 5.50. The van der Waals surface area contributed by atoms with E-state index in [1.165, 1.54) is 38.5 Å². The monoisotopic (exact) mass is 233 g/mol. The Kier molecular flexibility index (Phi) is 2.65. The SMILES string of the molecule is O=c1cc(N2CCC3(CCCC3)CC2)cn[nH]1. The maximum absolute atomic E-state index is 11.2. The van der Waals surface area contributed by atoms with Crippen LogP contribution >= 0.6 is 0 Å². The third-order valence-corrected chi connectivity index (χ3v) is 4.50. The van der Waals surface area contributed by atoms with Crippen LogP contribution in [0.1, 0.15) is 38.5 Å². The quantitative estimate of drug-likeness (QED) is 0.806. The van der Waals surface area contributed by atoms with E-state index in [0.717, 1.165) is 18.8 Å². The summed E-state index contributed by atoms with van der Waals surface area (Å²) in [6.07, 6.45) is 9.95. The van der Waals surface area contributed by atoms with Crippen molar-refractivity contribution in [1.82, 2.24) is 10.2 Å². The third kappa shape index (κ3) is 2.08. The summed E-state index contributed by atoms with van der Waals surface area (Å²) in [5.41, 5.74) is 1.50. The van der Waals surface area contributed by atoms with Crippen molar-refractivity contribution in [3.8, 4) is 0 Å². The molecule has 0 amide bonds. The maximum Gasteiger partial charge on any atom is 0.266 e. The minimum atomic E-state index is -0.108. The first-order chi connectivity index (χ1) is 8.27. The summed E-state index contributed by atoms with van der Waals surface area (Å²) < 4.78 is 0. The molecule has 2 heterocycles. The number of hydrogen-bond acceptors (Lipinski definition) is 3. The van der Waals surface area contributed by atoms with Gasteiger partial charge in [0, 0.05) is 19.2 Å². The zero-order chi connectivity index (χ0) is 11.7. The summed E-state index contributed by atoms with van der Waals surface area (Å²) in [4.78, 5) is 13.5. The Morgan fingerprint density at radius 2 is 1.88 bits per heavy atom. The van der Waals surface area contributed by atoms with Gasteiger partial charge in [-0.05, 0) is 31.1 Å². The van der Waals surface area contributed by atoms with Crippen LogP contribution in [-0.4, -0.2) is 23.3 Å². The second-order valence-electron chi connectivity index (χ2n) is 5.50. The van der Waals surface area contributed by atoms with Crippen molar-refractivity contribution >= 4 is 5.69 Å². The normalized spacial score (nSPS) is 23.2. The number of hydrogen-bond donors (Lipinski definition) is 1. The number of aromatic nitrogens is 2. The lowest BCUT2D eigenvalue weighted by Crippen LogP contribution is -2.39. The van der Waals surface area contributed by atoms with Crippen molar-refractivity contribution < 1.29 is 0 Å². The molecular formula is C13H19N3O. The Morgan fingerprint density at radius 1 is 1.18 bits per heavy atom. The highest BCUT2D eigenvalue weighted by Crippen LogP contribution is 2.46. The molecule has 17 heavy (non-hydrogen) atoms. The summed E-state index contributed by atoms with van der Waals surface area (Å²) in [5.74, 6) is 0. The lowest BCUT2D eigenvalue weighted by molar-refractivity contribution is 0.226.